The highest BCUT2D eigenvalue weighted by Crippen LogP contribution is 2.30. The lowest BCUT2D eigenvalue weighted by Crippen LogP contribution is -2.35. The summed E-state index contributed by atoms with van der Waals surface area (Å²) >= 11 is 0. The molecule has 116 valence electrons. The Kier molecular flexibility index (Phi) is 4.46. The lowest BCUT2D eigenvalue weighted by Gasteiger charge is -2.21. The Hall–Kier alpha value is -1.69. The van der Waals surface area contributed by atoms with Crippen LogP contribution in [0.3, 0.4) is 0 Å². The minimum absolute atomic E-state index is 0.138. The molecule has 1 saturated heterocycles. The van der Waals surface area contributed by atoms with E-state index in [-0.39, 0.29) is 18.6 Å². The van der Waals surface area contributed by atoms with Gasteiger partial charge in [0.25, 0.3) is 0 Å². The summed E-state index contributed by atoms with van der Waals surface area (Å²) in [5, 5.41) is 2.61. The van der Waals surface area contributed by atoms with Gasteiger partial charge in [-0.25, -0.2) is 13.6 Å². The molecule has 1 amide bonds. The molecule has 2 unspecified atom stereocenters. The molecule has 0 saturated carbocycles. The van der Waals surface area contributed by atoms with Crippen LogP contribution < -0.4 is 5.32 Å². The van der Waals surface area contributed by atoms with E-state index in [2.05, 4.69) is 5.32 Å². The van der Waals surface area contributed by atoms with Gasteiger partial charge in [0, 0.05) is 18.5 Å². The van der Waals surface area contributed by atoms with Crippen LogP contribution >= 0.6 is 0 Å². The zero-order valence-corrected chi connectivity index (χ0v) is 12.3. The van der Waals surface area contributed by atoms with Crippen LogP contribution in [0.4, 0.5) is 13.6 Å². The van der Waals surface area contributed by atoms with Gasteiger partial charge in [0.05, 0.1) is 12.7 Å². The van der Waals surface area contributed by atoms with Crippen LogP contribution in [0.25, 0.3) is 0 Å². The quantitative estimate of drug-likeness (QED) is 0.870. The van der Waals surface area contributed by atoms with Gasteiger partial charge in [-0.3, -0.25) is 0 Å². The fraction of sp³-hybridized carbons (Fsp3) is 0.533. The summed E-state index contributed by atoms with van der Waals surface area (Å²) < 4.78 is 36.9. The molecule has 1 fully saturated rings. The first-order valence-corrected chi connectivity index (χ1v) is 6.79. The van der Waals surface area contributed by atoms with Gasteiger partial charge in [-0.05, 0) is 38.5 Å². The minimum Gasteiger partial charge on any atom is -0.444 e. The van der Waals surface area contributed by atoms with Gasteiger partial charge in [0.15, 0.2) is 0 Å². The molecule has 0 radical (unpaired) electrons. The second-order valence-corrected chi connectivity index (χ2v) is 6.06. The van der Waals surface area contributed by atoms with Crippen molar-refractivity contribution in [1.29, 1.82) is 0 Å². The molecule has 1 heterocycles. The number of carbonyl (C=O) groups excluding carboxylic acids is 1. The molecule has 1 aliphatic heterocycles. The van der Waals surface area contributed by atoms with E-state index in [9.17, 15) is 13.6 Å². The minimum atomic E-state index is -0.645. The van der Waals surface area contributed by atoms with E-state index in [1.54, 1.807) is 20.8 Å². The van der Waals surface area contributed by atoms with Gasteiger partial charge in [-0.15, -0.1) is 0 Å². The smallest absolute Gasteiger partial charge is 0.407 e. The van der Waals surface area contributed by atoms with Crippen LogP contribution in [0.1, 0.15) is 32.3 Å². The summed E-state index contributed by atoms with van der Waals surface area (Å²) in [6, 6.07) is 3.33. The van der Waals surface area contributed by atoms with Crippen LogP contribution in [0.2, 0.25) is 0 Å². The Morgan fingerprint density at radius 2 is 1.95 bits per heavy atom. The number of benzene rings is 1. The molecule has 0 spiro atoms. The first-order valence-electron chi connectivity index (χ1n) is 6.79. The Morgan fingerprint density at radius 1 is 1.38 bits per heavy atom. The van der Waals surface area contributed by atoms with E-state index in [1.165, 1.54) is 12.1 Å². The third-order valence-electron chi connectivity index (χ3n) is 2.99. The van der Waals surface area contributed by atoms with Gasteiger partial charge in [-0.2, -0.15) is 0 Å². The highest BCUT2D eigenvalue weighted by molar-refractivity contribution is 5.67. The standard InChI is InChI=1S/C15H19F2NO3/c1-15(2,3)21-14(19)18-7-12(13-8-20-13)9-4-10(16)6-11(17)5-9/h4-6,12-13H,7-8H2,1-3H3,(H,18,19). The average molecular weight is 299 g/mol. The van der Waals surface area contributed by atoms with E-state index < -0.39 is 23.3 Å². The highest BCUT2D eigenvalue weighted by atomic mass is 19.1. The van der Waals surface area contributed by atoms with Crippen LogP contribution in [-0.4, -0.2) is 30.9 Å². The molecule has 4 nitrogen and oxygen atoms in total. The van der Waals surface area contributed by atoms with Crippen molar-refractivity contribution in [3.8, 4) is 0 Å². The van der Waals surface area contributed by atoms with Gasteiger partial charge >= 0.3 is 6.09 Å². The van der Waals surface area contributed by atoms with E-state index in [4.69, 9.17) is 9.47 Å². The largest absolute Gasteiger partial charge is 0.444 e. The third kappa shape index (κ3) is 4.97. The molecular weight excluding hydrogens is 280 g/mol. The fourth-order valence-electron chi connectivity index (χ4n) is 2.05. The molecule has 1 aliphatic rings. The maximum atomic E-state index is 13.3. The second kappa shape index (κ2) is 5.97. The molecular formula is C15H19F2NO3. The number of alkyl carbamates (subject to hydrolysis) is 1. The first-order chi connectivity index (χ1) is 9.74. The first kappa shape index (κ1) is 15.7. The van der Waals surface area contributed by atoms with E-state index in [1.807, 2.05) is 0 Å². The van der Waals surface area contributed by atoms with Crippen LogP contribution in [0, 0.1) is 11.6 Å². The molecule has 0 aromatic heterocycles. The van der Waals surface area contributed by atoms with Crippen molar-refractivity contribution in [3.63, 3.8) is 0 Å². The molecule has 1 N–H and O–H groups in total. The predicted octanol–water partition coefficient (Wildman–Crippen LogP) is 2.97. The SMILES string of the molecule is CC(C)(C)OC(=O)NCC(c1cc(F)cc(F)c1)C1CO1. The normalized spacial score (nSPS) is 19.0. The van der Waals surface area contributed by atoms with Crippen molar-refractivity contribution in [2.75, 3.05) is 13.2 Å². The number of rotatable bonds is 4. The monoisotopic (exact) mass is 299 g/mol. The molecule has 1 aromatic rings. The van der Waals surface area contributed by atoms with Gasteiger partial charge in [-0.1, -0.05) is 0 Å². The summed E-state index contributed by atoms with van der Waals surface area (Å²) in [5.41, 5.74) is -0.133. The molecule has 2 atom stereocenters. The maximum absolute atomic E-state index is 13.3. The van der Waals surface area contributed by atoms with Gasteiger partial charge < -0.3 is 14.8 Å². The van der Waals surface area contributed by atoms with Crippen LogP contribution in [0.5, 0.6) is 0 Å². The Balaban J connectivity index is 2.01. The molecule has 1 aromatic carbocycles. The fourth-order valence-corrected chi connectivity index (χ4v) is 2.05. The highest BCUT2D eigenvalue weighted by Gasteiger charge is 2.35. The summed E-state index contributed by atoms with van der Waals surface area (Å²) in [5.74, 6) is -1.59. The summed E-state index contributed by atoms with van der Waals surface area (Å²) in [7, 11) is 0. The number of ether oxygens (including phenoxy) is 2. The lowest BCUT2D eigenvalue weighted by molar-refractivity contribution is 0.0523. The molecule has 0 bridgehead atoms. The molecule has 21 heavy (non-hydrogen) atoms. The number of nitrogens with one attached hydrogen (secondary N) is 1. The zero-order valence-electron chi connectivity index (χ0n) is 12.3. The summed E-state index contributed by atoms with van der Waals surface area (Å²) in [6.45, 7) is 5.99. The van der Waals surface area contributed by atoms with Crippen molar-refractivity contribution in [1.82, 2.24) is 5.32 Å². The molecule has 0 aliphatic carbocycles. The number of carbonyl (C=O) groups is 1. The van der Waals surface area contributed by atoms with E-state index in [0.29, 0.717) is 12.2 Å². The third-order valence-corrected chi connectivity index (χ3v) is 2.99. The summed E-state index contributed by atoms with van der Waals surface area (Å²) in [6.07, 6.45) is -0.703. The second-order valence-electron chi connectivity index (χ2n) is 6.06. The maximum Gasteiger partial charge on any atom is 0.407 e. The van der Waals surface area contributed by atoms with Gasteiger partial charge in [0.1, 0.15) is 17.2 Å². The van der Waals surface area contributed by atoms with Crippen LogP contribution in [0.15, 0.2) is 18.2 Å². The van der Waals surface area contributed by atoms with Crippen molar-refractivity contribution in [2.45, 2.75) is 38.4 Å². The Morgan fingerprint density at radius 3 is 2.43 bits per heavy atom. The number of epoxide rings is 1. The molecule has 6 heteroatoms. The van der Waals surface area contributed by atoms with E-state index >= 15 is 0 Å². The summed E-state index contributed by atoms with van der Waals surface area (Å²) in [4.78, 5) is 11.6. The van der Waals surface area contributed by atoms with Crippen molar-refractivity contribution < 1.29 is 23.0 Å². The number of halogens is 2. The van der Waals surface area contributed by atoms with Crippen molar-refractivity contribution >= 4 is 6.09 Å². The Labute approximate surface area is 122 Å². The predicted molar refractivity (Wildman–Crippen MR) is 73.1 cm³/mol. The topological polar surface area (TPSA) is 50.9 Å². The molecule has 2 rings (SSSR count). The lowest BCUT2D eigenvalue weighted by atomic mass is 9.95. The number of hydrogen-bond acceptors (Lipinski definition) is 3. The average Bonchev–Trinajstić information content (AvgIpc) is 3.09. The zero-order chi connectivity index (χ0) is 15.6. The number of hydrogen-bond donors (Lipinski definition) is 1. The van der Waals surface area contributed by atoms with E-state index in [0.717, 1.165) is 6.07 Å². The van der Waals surface area contributed by atoms with Gasteiger partial charge in [0.2, 0.25) is 0 Å². The van der Waals surface area contributed by atoms with Crippen LogP contribution in [-0.2, 0) is 9.47 Å². The Bertz CT molecular complexity index is 504. The van der Waals surface area contributed by atoms with Crippen molar-refractivity contribution in [2.24, 2.45) is 0 Å². The van der Waals surface area contributed by atoms with Crippen molar-refractivity contribution in [3.05, 3.63) is 35.4 Å². The number of amides is 1.